The van der Waals surface area contributed by atoms with Gasteiger partial charge in [-0.25, -0.2) is 0 Å². The van der Waals surface area contributed by atoms with Crippen molar-refractivity contribution in [2.45, 2.75) is 32.7 Å². The molecule has 0 saturated heterocycles. The number of carbonyl (C=O) groups is 1. The average molecular weight is 1100 g/mol. The molecule has 2 unspecified atom stereocenters. The van der Waals surface area contributed by atoms with Crippen LogP contribution < -0.4 is 139 Å². The maximum atomic E-state index is 14.0. The fourth-order valence-corrected chi connectivity index (χ4v) is 12.5. The molecule has 0 saturated carbocycles. The van der Waals surface area contributed by atoms with E-state index in [0.29, 0.717) is 11.1 Å². The molecule has 2 aliphatic carbocycles. The molecule has 7 N–H and O–H groups in total. The fraction of sp³-hybridized carbons (Fsp3) is 0.0769. The number of amides is 1. The number of hydrogen-bond acceptors (Lipinski definition) is 19. The molecule has 9 rings (SSSR count). The van der Waals surface area contributed by atoms with Crippen LogP contribution in [0.15, 0.2) is 104 Å². The predicted octanol–water partition coefficient (Wildman–Crippen LogP) is -8.53. The van der Waals surface area contributed by atoms with Crippen LogP contribution in [-0.4, -0.2) is 86.5 Å². The molecule has 5 aromatic carbocycles. The first-order valence-electron chi connectivity index (χ1n) is 18.6. The molecule has 71 heavy (non-hydrogen) atoms. The largest absolute Gasteiger partial charge is 1.00 e. The number of hydrogen-bond donors (Lipinski definition) is 7. The van der Waals surface area contributed by atoms with Crippen molar-refractivity contribution in [3.63, 3.8) is 0 Å². The van der Waals surface area contributed by atoms with Gasteiger partial charge in [-0.1, -0.05) is 71.1 Å². The summed E-state index contributed by atoms with van der Waals surface area (Å²) in [4.78, 5) is 27.1. The Bertz CT molecular complexity index is 3950. The Labute approximate surface area is 495 Å². The van der Waals surface area contributed by atoms with E-state index in [1.807, 2.05) is 0 Å². The molecule has 32 heteroatoms. The number of nitrogens with zero attached hydrogens (tertiary/aromatic N) is 5. The molecule has 3 aliphatic rings. The minimum atomic E-state index is -5.64. The normalized spacial score (nSPS) is 17.3. The zero-order chi connectivity index (χ0) is 48.2. The molecule has 1 aromatic heterocycles. The molecule has 0 radical (unpaired) electrons. The van der Waals surface area contributed by atoms with Gasteiger partial charge in [-0.05, 0) is 59.0 Å². The van der Waals surface area contributed by atoms with Crippen molar-refractivity contribution in [3.05, 3.63) is 111 Å². The van der Waals surface area contributed by atoms with E-state index in [-0.39, 0.29) is 198 Å². The van der Waals surface area contributed by atoms with Gasteiger partial charge in [0.15, 0.2) is 5.82 Å². The Balaban J connectivity index is 0.00000234. The van der Waals surface area contributed by atoms with Gasteiger partial charge in [-0.2, -0.15) is 58.9 Å². The molecule has 1 aliphatic heterocycles. The topological polar surface area (TPSA) is 368 Å². The van der Waals surface area contributed by atoms with Crippen LogP contribution in [-0.2, 0) is 59.9 Å². The summed E-state index contributed by atoms with van der Waals surface area (Å²) in [6.45, 7) is 1.62. The summed E-state index contributed by atoms with van der Waals surface area (Å²) in [6, 6.07) is 16.1. The third-order valence-electron chi connectivity index (χ3n) is 11.1. The van der Waals surface area contributed by atoms with Crippen LogP contribution in [0, 0.1) is 17.7 Å². The van der Waals surface area contributed by atoms with Gasteiger partial charge in [0.1, 0.15) is 25.3 Å². The predicted molar refractivity (Wildman–Crippen MR) is 236 cm³/mol. The smallest absolute Gasteiger partial charge is 0.321 e. The van der Waals surface area contributed by atoms with E-state index in [1.165, 1.54) is 36.4 Å². The van der Waals surface area contributed by atoms with E-state index in [0.717, 1.165) is 36.4 Å². The second-order valence-electron chi connectivity index (χ2n) is 14.8. The summed E-state index contributed by atoms with van der Waals surface area (Å²) in [5, 5.41) is 27.4. The Morgan fingerprint density at radius 2 is 1.45 bits per heavy atom. The average Bonchev–Trinajstić information content (AvgIpc) is 3.91. The Hall–Kier alpha value is -2.95. The van der Waals surface area contributed by atoms with E-state index in [2.05, 4.69) is 45.0 Å². The van der Waals surface area contributed by atoms with Gasteiger partial charge < -0.3 is 20.9 Å². The van der Waals surface area contributed by atoms with E-state index in [1.54, 1.807) is 19.1 Å². The number of aryl methyl sites for hydroxylation is 1. The van der Waals surface area contributed by atoms with E-state index >= 15 is 0 Å². The monoisotopic (exact) mass is 1100 g/mol. The summed E-state index contributed by atoms with van der Waals surface area (Å²) >= 11 is 6.24. The molecule has 1 spiro atoms. The summed E-state index contributed by atoms with van der Waals surface area (Å²) < 4.78 is 142. The second kappa shape index (κ2) is 21.0. The number of benzene rings is 5. The number of nitrogens with one attached hydrogen (secondary N) is 4. The van der Waals surface area contributed by atoms with E-state index in [9.17, 15) is 52.1 Å². The van der Waals surface area contributed by atoms with Gasteiger partial charge >= 0.3 is 128 Å². The number of aromatic nitrogens is 3. The first-order chi connectivity index (χ1) is 31.5. The number of azo groups is 1. The number of anilines is 2. The van der Waals surface area contributed by atoms with Crippen LogP contribution in [0.3, 0.4) is 0 Å². The van der Waals surface area contributed by atoms with Crippen molar-refractivity contribution in [2.24, 2.45) is 10.2 Å². The van der Waals surface area contributed by atoms with Gasteiger partial charge in [0, 0.05) is 26.8 Å². The zero-order valence-corrected chi connectivity index (χ0v) is 49.3. The summed E-state index contributed by atoms with van der Waals surface area (Å²) in [5.74, 6) is -1.67. The molecule has 2 heterocycles. The molecule has 342 valence electrons. The van der Waals surface area contributed by atoms with Crippen molar-refractivity contribution >= 4 is 110 Å². The van der Waals surface area contributed by atoms with Crippen molar-refractivity contribution in [1.82, 2.24) is 20.3 Å². The Kier molecular flexibility index (Phi) is 17.4. The van der Waals surface area contributed by atoms with Crippen LogP contribution in [0.25, 0.3) is 44.3 Å². The molecule has 2 bridgehead atoms. The maximum absolute atomic E-state index is 14.0. The minimum Gasteiger partial charge on any atom is -0.321 e. The maximum Gasteiger partial charge on any atom is 1.00 e. The molecule has 0 fully saturated rings. The van der Waals surface area contributed by atoms with Gasteiger partial charge in [-0.15, -0.1) is 0 Å². The van der Waals surface area contributed by atoms with E-state index < -0.39 is 82.3 Å². The zero-order valence-electron chi connectivity index (χ0n) is 37.3. The fourth-order valence-electron chi connectivity index (χ4n) is 8.74. The number of fused-ring (bicyclic) bond motifs is 9. The van der Waals surface area contributed by atoms with Crippen LogP contribution in [0.4, 0.5) is 17.3 Å². The Morgan fingerprint density at radius 1 is 0.789 bits per heavy atom. The summed E-state index contributed by atoms with van der Waals surface area (Å²) in [6.07, 6.45) is 1.74. The Morgan fingerprint density at radius 3 is 2.08 bits per heavy atom. The van der Waals surface area contributed by atoms with Crippen LogP contribution >= 0.6 is 11.6 Å². The van der Waals surface area contributed by atoms with Crippen LogP contribution in [0.2, 0.25) is 5.28 Å². The molecule has 6 aromatic rings. The first-order valence-corrected chi connectivity index (χ1v) is 24.8. The van der Waals surface area contributed by atoms with Crippen LogP contribution in [0.1, 0.15) is 16.7 Å². The first kappa shape index (κ1) is 58.9. The minimum absolute atomic E-state index is 0. The number of halogens is 1. The molecule has 1 amide bonds. The van der Waals surface area contributed by atoms with Gasteiger partial charge in [-0.3, -0.25) is 23.9 Å². The molecular formula is C39H26ClN9Na4O14S4+4. The third-order valence-corrected chi connectivity index (χ3v) is 15.3. The standard InChI is InChI=1S/C39H26ClN9O14S4.4Na/c1-18-5-2-8-25-31(18)38(25)15-24-23(7-4-10-28(24)67(60,61)63-62-17-42)34(66(57,58)59)39(38,47-29(50)16-41)49-48-26-14-13-20(30-32(26)43-37-45-35(30)44-36(40)46-37)22-12-11-19-21(33(22)65(54,55)56)6-3-9-27(19)64(51,52)53;;;;/h2-17,41-42H,1H3,(H,47,50)(H,51,52,53)(H,54,55,56)(H,57,58,59)(H,43,44,45,46);;;;/q;4*+1. The molecular weight excluding hydrogens is 1070 g/mol. The van der Waals surface area contributed by atoms with Gasteiger partial charge in [0.25, 0.3) is 36.3 Å². The third kappa shape index (κ3) is 9.93. The van der Waals surface area contributed by atoms with Crippen molar-refractivity contribution in [2.75, 3.05) is 5.32 Å². The van der Waals surface area contributed by atoms with Gasteiger partial charge in [0.05, 0.1) is 22.9 Å². The molecule has 23 nitrogen and oxygen atoms in total. The molecule has 2 atom stereocenters. The van der Waals surface area contributed by atoms with Crippen molar-refractivity contribution < 1.29 is 180 Å². The quantitative estimate of drug-likeness (QED) is 0.0114. The second-order valence-corrected chi connectivity index (χ2v) is 20.7. The number of rotatable bonds is 12. The van der Waals surface area contributed by atoms with Crippen molar-refractivity contribution in [1.29, 1.82) is 10.8 Å². The van der Waals surface area contributed by atoms with Crippen LogP contribution in [0.5, 0.6) is 0 Å². The number of carbonyl (C=O) groups excluding carboxylic acids is 1. The summed E-state index contributed by atoms with van der Waals surface area (Å²) in [7, 11) is -20.8. The van der Waals surface area contributed by atoms with Crippen molar-refractivity contribution in [3.8, 4) is 22.5 Å². The van der Waals surface area contributed by atoms with Gasteiger partial charge in [0.2, 0.25) is 23.3 Å². The SMILES string of the molecule is Cc1cccc2c1C21C=c2c(S(=O)(=O)OOC=N)cccc2=C(S(=O)(=O)O)C1(N=Nc1ccc(-c2ccc3c(S(=O)(=O)O)cccc3c2S(=O)(=O)O)c2c1Nc1nc(Cl)nc-2n1)NC(=O)C=N.[Na+].[Na+].[Na+].[Na+]. The van der Waals surface area contributed by atoms with E-state index in [4.69, 9.17) is 22.4 Å². The summed E-state index contributed by atoms with van der Waals surface area (Å²) in [5.41, 5.74) is -4.59.